The molecule has 1 atom stereocenters. The fraction of sp³-hybridized carbons (Fsp3) is 0.923. The number of carbonyl (C=O) groups is 1. The molecule has 92 valence electrons. The summed E-state index contributed by atoms with van der Waals surface area (Å²) in [5.41, 5.74) is 0. The molecule has 3 nitrogen and oxygen atoms in total. The first-order chi connectivity index (χ1) is 7.75. The Morgan fingerprint density at radius 1 is 1.38 bits per heavy atom. The number of nitrogens with zero attached hydrogens (tertiary/aromatic N) is 1. The van der Waals surface area contributed by atoms with E-state index in [-0.39, 0.29) is 0 Å². The fourth-order valence-corrected chi connectivity index (χ4v) is 2.94. The van der Waals surface area contributed by atoms with Gasteiger partial charge in [0, 0.05) is 32.1 Å². The van der Waals surface area contributed by atoms with Gasteiger partial charge in [0.15, 0.2) is 0 Å². The molecule has 0 aromatic rings. The third-order valence-electron chi connectivity index (χ3n) is 3.96. The summed E-state index contributed by atoms with van der Waals surface area (Å²) in [5.74, 6) is 1.21. The fourth-order valence-electron chi connectivity index (χ4n) is 2.94. The molecule has 1 heterocycles. The van der Waals surface area contributed by atoms with Crippen LogP contribution in [0.5, 0.6) is 0 Å². The maximum absolute atomic E-state index is 12.0. The van der Waals surface area contributed by atoms with Crippen molar-refractivity contribution >= 4 is 5.91 Å². The van der Waals surface area contributed by atoms with Gasteiger partial charge in [-0.15, -0.1) is 0 Å². The van der Waals surface area contributed by atoms with Gasteiger partial charge >= 0.3 is 0 Å². The van der Waals surface area contributed by atoms with Crippen LogP contribution in [-0.4, -0.2) is 36.5 Å². The van der Waals surface area contributed by atoms with Gasteiger partial charge in [0.1, 0.15) is 0 Å². The zero-order valence-electron chi connectivity index (χ0n) is 10.4. The van der Waals surface area contributed by atoms with Crippen LogP contribution in [0, 0.1) is 5.92 Å². The van der Waals surface area contributed by atoms with Crippen LogP contribution in [-0.2, 0) is 4.79 Å². The second kappa shape index (κ2) is 5.67. The van der Waals surface area contributed by atoms with E-state index < -0.39 is 0 Å². The van der Waals surface area contributed by atoms with Crippen molar-refractivity contribution < 1.29 is 4.79 Å². The molecular weight excluding hydrogens is 200 g/mol. The highest BCUT2D eigenvalue weighted by Crippen LogP contribution is 2.28. The number of piperazine rings is 1. The van der Waals surface area contributed by atoms with Crippen LogP contribution < -0.4 is 5.32 Å². The lowest BCUT2D eigenvalue weighted by Crippen LogP contribution is -2.51. The Hall–Kier alpha value is -0.570. The third-order valence-corrected chi connectivity index (χ3v) is 3.96. The minimum atomic E-state index is 0.375. The lowest BCUT2D eigenvalue weighted by Gasteiger charge is -2.32. The number of carbonyl (C=O) groups excluding carboxylic acids is 1. The van der Waals surface area contributed by atoms with Gasteiger partial charge in [-0.3, -0.25) is 4.79 Å². The first-order valence-corrected chi connectivity index (χ1v) is 6.77. The molecule has 0 aromatic heterocycles. The van der Waals surface area contributed by atoms with E-state index >= 15 is 0 Å². The van der Waals surface area contributed by atoms with Crippen LogP contribution in [0.25, 0.3) is 0 Å². The Kier molecular flexibility index (Phi) is 4.22. The second-order valence-corrected chi connectivity index (χ2v) is 5.38. The van der Waals surface area contributed by atoms with E-state index in [0.717, 1.165) is 38.4 Å². The molecule has 2 aliphatic rings. The maximum atomic E-state index is 12.0. The predicted octanol–water partition coefficient (Wildman–Crippen LogP) is 1.78. The quantitative estimate of drug-likeness (QED) is 0.792. The zero-order valence-corrected chi connectivity index (χ0v) is 10.4. The van der Waals surface area contributed by atoms with E-state index in [1.165, 1.54) is 25.7 Å². The lowest BCUT2D eigenvalue weighted by atomic mass is 10.0. The molecule has 1 aliphatic carbocycles. The summed E-state index contributed by atoms with van der Waals surface area (Å²) in [6, 6.07) is 0.462. The highest BCUT2D eigenvalue weighted by atomic mass is 16.2. The normalized spacial score (nSPS) is 27.3. The monoisotopic (exact) mass is 224 g/mol. The van der Waals surface area contributed by atoms with Gasteiger partial charge in [0.2, 0.25) is 5.91 Å². The van der Waals surface area contributed by atoms with Gasteiger partial charge in [-0.05, 0) is 19.3 Å². The number of hydrogen-bond acceptors (Lipinski definition) is 2. The van der Waals surface area contributed by atoms with Gasteiger partial charge < -0.3 is 10.2 Å². The van der Waals surface area contributed by atoms with E-state index in [1.807, 2.05) is 4.90 Å². The molecule has 0 bridgehead atoms. The summed E-state index contributed by atoms with van der Waals surface area (Å²) < 4.78 is 0. The molecule has 16 heavy (non-hydrogen) atoms. The highest BCUT2D eigenvalue weighted by Gasteiger charge is 2.22. The van der Waals surface area contributed by atoms with Crippen molar-refractivity contribution in [3.63, 3.8) is 0 Å². The Morgan fingerprint density at radius 2 is 2.12 bits per heavy atom. The number of hydrogen-bond donors (Lipinski definition) is 1. The van der Waals surface area contributed by atoms with E-state index in [1.54, 1.807) is 0 Å². The SMILES string of the molecule is CC1CN(C(=O)CCC2CCCC2)CCN1. The van der Waals surface area contributed by atoms with Gasteiger partial charge in [-0.1, -0.05) is 25.7 Å². The van der Waals surface area contributed by atoms with Crippen molar-refractivity contribution in [2.45, 2.75) is 51.5 Å². The van der Waals surface area contributed by atoms with Crippen LogP contribution in [0.15, 0.2) is 0 Å². The van der Waals surface area contributed by atoms with Gasteiger partial charge in [0.25, 0.3) is 0 Å². The van der Waals surface area contributed by atoms with Crippen LogP contribution in [0.2, 0.25) is 0 Å². The van der Waals surface area contributed by atoms with Gasteiger partial charge in [-0.2, -0.15) is 0 Å². The van der Waals surface area contributed by atoms with Crippen LogP contribution in [0.4, 0.5) is 0 Å². The maximum Gasteiger partial charge on any atom is 0.222 e. The van der Waals surface area contributed by atoms with Crippen molar-refractivity contribution in [1.29, 1.82) is 0 Å². The van der Waals surface area contributed by atoms with Crippen LogP contribution >= 0.6 is 0 Å². The number of rotatable bonds is 3. The molecular formula is C13H24N2O. The highest BCUT2D eigenvalue weighted by molar-refractivity contribution is 5.76. The lowest BCUT2D eigenvalue weighted by molar-refractivity contribution is -0.132. The van der Waals surface area contributed by atoms with E-state index in [9.17, 15) is 4.79 Å². The predicted molar refractivity (Wildman–Crippen MR) is 65.2 cm³/mol. The Balaban J connectivity index is 1.70. The van der Waals surface area contributed by atoms with Crippen molar-refractivity contribution in [1.82, 2.24) is 10.2 Å². The summed E-state index contributed by atoms with van der Waals surface area (Å²) in [6.45, 7) is 4.89. The molecule has 2 rings (SSSR count). The Morgan fingerprint density at radius 3 is 2.81 bits per heavy atom. The molecule has 3 heteroatoms. The Bertz CT molecular complexity index is 236. The van der Waals surface area contributed by atoms with E-state index in [4.69, 9.17) is 0 Å². The standard InChI is InChI=1S/C13H24N2O/c1-11-10-15(9-8-14-11)13(16)7-6-12-4-2-3-5-12/h11-12,14H,2-10H2,1H3. The summed E-state index contributed by atoms with van der Waals surface area (Å²) in [7, 11) is 0. The molecule has 0 spiro atoms. The molecule has 0 radical (unpaired) electrons. The first kappa shape index (κ1) is 11.9. The Labute approximate surface area is 98.6 Å². The molecule has 1 saturated heterocycles. The number of nitrogens with one attached hydrogen (secondary N) is 1. The second-order valence-electron chi connectivity index (χ2n) is 5.38. The van der Waals surface area contributed by atoms with Gasteiger partial charge in [-0.25, -0.2) is 0 Å². The molecule has 1 aliphatic heterocycles. The molecule has 0 aromatic carbocycles. The smallest absolute Gasteiger partial charge is 0.222 e. The minimum Gasteiger partial charge on any atom is -0.340 e. The molecule has 1 saturated carbocycles. The van der Waals surface area contributed by atoms with Gasteiger partial charge in [0.05, 0.1) is 0 Å². The van der Waals surface area contributed by atoms with E-state index in [2.05, 4.69) is 12.2 Å². The van der Waals surface area contributed by atoms with Crippen LogP contribution in [0.3, 0.4) is 0 Å². The average molecular weight is 224 g/mol. The third kappa shape index (κ3) is 3.21. The summed E-state index contributed by atoms with van der Waals surface area (Å²) in [4.78, 5) is 14.0. The summed E-state index contributed by atoms with van der Waals surface area (Å²) >= 11 is 0. The van der Waals surface area contributed by atoms with Crippen molar-refractivity contribution in [3.05, 3.63) is 0 Å². The molecule has 2 fully saturated rings. The van der Waals surface area contributed by atoms with Crippen molar-refractivity contribution in [3.8, 4) is 0 Å². The average Bonchev–Trinajstić information content (AvgIpc) is 2.78. The summed E-state index contributed by atoms with van der Waals surface area (Å²) in [6.07, 6.45) is 7.36. The van der Waals surface area contributed by atoms with E-state index in [0.29, 0.717) is 11.9 Å². The largest absolute Gasteiger partial charge is 0.340 e. The molecule has 1 unspecified atom stereocenters. The van der Waals surface area contributed by atoms with Crippen LogP contribution in [0.1, 0.15) is 45.4 Å². The molecule has 1 amide bonds. The zero-order chi connectivity index (χ0) is 11.4. The minimum absolute atomic E-state index is 0.375. The first-order valence-electron chi connectivity index (χ1n) is 6.77. The van der Waals surface area contributed by atoms with Crippen molar-refractivity contribution in [2.24, 2.45) is 5.92 Å². The molecule has 1 N–H and O–H groups in total. The number of amides is 1. The van der Waals surface area contributed by atoms with Crippen molar-refractivity contribution in [2.75, 3.05) is 19.6 Å². The topological polar surface area (TPSA) is 32.3 Å². The summed E-state index contributed by atoms with van der Waals surface area (Å²) in [5, 5.41) is 3.37.